The molecule has 0 aliphatic rings. The lowest BCUT2D eigenvalue weighted by Gasteiger charge is -2.15. The minimum absolute atomic E-state index is 0.0637. The van der Waals surface area contributed by atoms with Crippen molar-refractivity contribution < 1.29 is 14.2 Å². The molecule has 0 aliphatic heterocycles. The molecule has 0 aromatic carbocycles. The first kappa shape index (κ1) is 11.9. The third-order valence-corrected chi connectivity index (χ3v) is 1.44. The summed E-state index contributed by atoms with van der Waals surface area (Å²) in [5.41, 5.74) is 0. The molecule has 0 N–H and O–H groups in total. The van der Waals surface area contributed by atoms with Crippen molar-refractivity contribution in [2.75, 3.05) is 34.0 Å². The molecule has 0 saturated heterocycles. The summed E-state index contributed by atoms with van der Waals surface area (Å²) in [5, 5.41) is 0. The summed E-state index contributed by atoms with van der Waals surface area (Å²) in [6.07, 6.45) is 0.0637. The first-order chi connectivity index (χ1) is 5.70. The van der Waals surface area contributed by atoms with E-state index in [0.29, 0.717) is 19.1 Å². The predicted molar refractivity (Wildman–Crippen MR) is 48.3 cm³/mol. The molecular weight excluding hydrogens is 156 g/mol. The zero-order chi connectivity index (χ0) is 9.40. The van der Waals surface area contributed by atoms with Gasteiger partial charge < -0.3 is 14.2 Å². The molecule has 0 heterocycles. The number of rotatable bonds is 7. The number of hydrogen-bond donors (Lipinski definition) is 0. The highest BCUT2D eigenvalue weighted by atomic mass is 16.5. The Morgan fingerprint density at radius 1 is 1.00 bits per heavy atom. The normalized spacial score (nSPS) is 13.8. The summed E-state index contributed by atoms with van der Waals surface area (Å²) >= 11 is 0. The van der Waals surface area contributed by atoms with Gasteiger partial charge in [0.2, 0.25) is 0 Å². The quantitative estimate of drug-likeness (QED) is 0.585. The molecule has 0 fully saturated rings. The van der Waals surface area contributed by atoms with E-state index in [1.807, 2.05) is 0 Å². The lowest BCUT2D eigenvalue weighted by atomic mass is 10.2. The average Bonchev–Trinajstić information content (AvgIpc) is 2.02. The lowest BCUT2D eigenvalue weighted by molar-refractivity contribution is -0.0351. The zero-order valence-corrected chi connectivity index (χ0v) is 8.50. The molecule has 0 unspecified atom stereocenters. The first-order valence-electron chi connectivity index (χ1n) is 4.30. The number of ether oxygens (including phenoxy) is 3. The molecule has 0 radical (unpaired) electrons. The molecule has 0 aliphatic carbocycles. The molecule has 3 nitrogen and oxygen atoms in total. The van der Waals surface area contributed by atoms with E-state index in [0.717, 1.165) is 6.61 Å². The highest BCUT2D eigenvalue weighted by Gasteiger charge is 2.06. The number of hydrogen-bond acceptors (Lipinski definition) is 3. The number of methoxy groups -OCH3 is 2. The van der Waals surface area contributed by atoms with E-state index in [1.165, 1.54) is 0 Å². The Kier molecular flexibility index (Phi) is 7.45. The second-order valence-corrected chi connectivity index (χ2v) is 3.24. The van der Waals surface area contributed by atoms with Crippen LogP contribution in [0.1, 0.15) is 13.8 Å². The van der Waals surface area contributed by atoms with Crippen molar-refractivity contribution in [1.82, 2.24) is 0 Å². The summed E-state index contributed by atoms with van der Waals surface area (Å²) in [7, 11) is 3.33. The molecule has 0 aromatic rings. The van der Waals surface area contributed by atoms with Crippen molar-refractivity contribution in [1.29, 1.82) is 0 Å². The van der Waals surface area contributed by atoms with E-state index in [4.69, 9.17) is 14.2 Å². The van der Waals surface area contributed by atoms with Gasteiger partial charge in [0.05, 0.1) is 13.2 Å². The van der Waals surface area contributed by atoms with Gasteiger partial charge in [0.1, 0.15) is 6.10 Å². The van der Waals surface area contributed by atoms with Crippen LogP contribution in [0, 0.1) is 5.92 Å². The highest BCUT2D eigenvalue weighted by Crippen LogP contribution is 1.96. The van der Waals surface area contributed by atoms with E-state index < -0.39 is 0 Å². The van der Waals surface area contributed by atoms with Crippen LogP contribution in [0.3, 0.4) is 0 Å². The van der Waals surface area contributed by atoms with Gasteiger partial charge in [-0.3, -0.25) is 0 Å². The standard InChI is InChI=1S/C9H20O3/c1-8(2)5-12-7-9(11-4)6-10-3/h8-9H,5-7H2,1-4H3/t9-/m0/s1. The van der Waals surface area contributed by atoms with Crippen molar-refractivity contribution in [3.63, 3.8) is 0 Å². The molecular formula is C9H20O3. The van der Waals surface area contributed by atoms with Crippen molar-refractivity contribution in [2.45, 2.75) is 20.0 Å². The lowest BCUT2D eigenvalue weighted by Crippen LogP contribution is -2.24. The van der Waals surface area contributed by atoms with Gasteiger partial charge in [-0.2, -0.15) is 0 Å². The van der Waals surface area contributed by atoms with Crippen LogP contribution in [0.4, 0.5) is 0 Å². The van der Waals surface area contributed by atoms with Gasteiger partial charge in [0.15, 0.2) is 0 Å². The van der Waals surface area contributed by atoms with Gasteiger partial charge in [-0.25, -0.2) is 0 Å². The molecule has 0 spiro atoms. The van der Waals surface area contributed by atoms with Crippen LogP contribution < -0.4 is 0 Å². The third kappa shape index (κ3) is 6.58. The molecule has 0 aromatic heterocycles. The zero-order valence-electron chi connectivity index (χ0n) is 8.50. The summed E-state index contributed by atoms with van der Waals surface area (Å²) in [6.45, 7) is 6.23. The molecule has 0 saturated carbocycles. The first-order valence-corrected chi connectivity index (χ1v) is 4.30. The second kappa shape index (κ2) is 7.53. The maximum atomic E-state index is 5.40. The van der Waals surface area contributed by atoms with Crippen LogP contribution in [0.2, 0.25) is 0 Å². The monoisotopic (exact) mass is 176 g/mol. The van der Waals surface area contributed by atoms with E-state index >= 15 is 0 Å². The molecule has 1 atom stereocenters. The highest BCUT2D eigenvalue weighted by molar-refractivity contribution is 4.53. The van der Waals surface area contributed by atoms with Crippen molar-refractivity contribution >= 4 is 0 Å². The Balaban J connectivity index is 3.31. The minimum Gasteiger partial charge on any atom is -0.382 e. The van der Waals surface area contributed by atoms with Gasteiger partial charge >= 0.3 is 0 Å². The van der Waals surface area contributed by atoms with Crippen LogP contribution in [0.15, 0.2) is 0 Å². The molecule has 12 heavy (non-hydrogen) atoms. The van der Waals surface area contributed by atoms with E-state index in [2.05, 4.69) is 13.8 Å². The van der Waals surface area contributed by atoms with Crippen LogP contribution in [0.5, 0.6) is 0 Å². The van der Waals surface area contributed by atoms with E-state index in [-0.39, 0.29) is 6.10 Å². The van der Waals surface area contributed by atoms with Gasteiger partial charge in [-0.1, -0.05) is 13.8 Å². The summed E-state index contributed by atoms with van der Waals surface area (Å²) in [5.74, 6) is 0.574. The Morgan fingerprint density at radius 3 is 2.08 bits per heavy atom. The molecule has 3 heteroatoms. The molecule has 0 rings (SSSR count). The smallest absolute Gasteiger partial charge is 0.104 e. The van der Waals surface area contributed by atoms with Crippen molar-refractivity contribution in [3.05, 3.63) is 0 Å². The average molecular weight is 176 g/mol. The maximum absolute atomic E-state index is 5.40. The SMILES string of the molecule is COC[C@@H](COCC(C)C)OC. The van der Waals surface area contributed by atoms with Gasteiger partial charge in [0, 0.05) is 20.8 Å². The molecule has 74 valence electrons. The topological polar surface area (TPSA) is 27.7 Å². The van der Waals surface area contributed by atoms with Gasteiger partial charge in [0.25, 0.3) is 0 Å². The van der Waals surface area contributed by atoms with Crippen molar-refractivity contribution in [3.8, 4) is 0 Å². The fraction of sp³-hybridized carbons (Fsp3) is 1.00. The van der Waals surface area contributed by atoms with Crippen LogP contribution in [0.25, 0.3) is 0 Å². The maximum Gasteiger partial charge on any atom is 0.104 e. The van der Waals surface area contributed by atoms with E-state index in [9.17, 15) is 0 Å². The Bertz CT molecular complexity index is 93.8. The summed E-state index contributed by atoms with van der Waals surface area (Å²) in [6, 6.07) is 0. The fourth-order valence-electron chi connectivity index (χ4n) is 0.805. The van der Waals surface area contributed by atoms with Gasteiger partial charge in [-0.15, -0.1) is 0 Å². The fourth-order valence-corrected chi connectivity index (χ4v) is 0.805. The Labute approximate surface area is 75.0 Å². The summed E-state index contributed by atoms with van der Waals surface area (Å²) in [4.78, 5) is 0. The Morgan fingerprint density at radius 2 is 1.67 bits per heavy atom. The van der Waals surface area contributed by atoms with Crippen LogP contribution >= 0.6 is 0 Å². The largest absolute Gasteiger partial charge is 0.382 e. The van der Waals surface area contributed by atoms with E-state index in [1.54, 1.807) is 14.2 Å². The third-order valence-electron chi connectivity index (χ3n) is 1.44. The van der Waals surface area contributed by atoms with Crippen LogP contribution in [-0.4, -0.2) is 40.1 Å². The Hall–Kier alpha value is -0.120. The predicted octanol–water partition coefficient (Wildman–Crippen LogP) is 1.32. The van der Waals surface area contributed by atoms with Crippen LogP contribution in [-0.2, 0) is 14.2 Å². The molecule has 0 bridgehead atoms. The second-order valence-electron chi connectivity index (χ2n) is 3.24. The minimum atomic E-state index is 0.0637. The van der Waals surface area contributed by atoms with Crippen molar-refractivity contribution in [2.24, 2.45) is 5.92 Å². The van der Waals surface area contributed by atoms with Gasteiger partial charge in [-0.05, 0) is 5.92 Å². The summed E-state index contributed by atoms with van der Waals surface area (Å²) < 4.78 is 15.5. The molecule has 0 amide bonds.